The standard InChI is InChI=1S/C19H28N4O3S2/c1-11(2)17(19(24)20-14-8-5-7-12(3)13(14)4)23-28(25,26)16-10-6-9-15-18(16)22-27-21-15/h6,9-14,17,23H,5,7-8H2,1-4H3,(H,20,24)/t12-,13-,14+,17-/m0/s1. The average Bonchev–Trinajstić information content (AvgIpc) is 3.12. The lowest BCUT2D eigenvalue weighted by atomic mass is 9.78. The van der Waals surface area contributed by atoms with Crippen LogP contribution in [0.15, 0.2) is 23.1 Å². The summed E-state index contributed by atoms with van der Waals surface area (Å²) >= 11 is 0.967. The zero-order valence-corrected chi connectivity index (χ0v) is 18.3. The van der Waals surface area contributed by atoms with E-state index in [0.717, 1.165) is 24.6 Å². The fraction of sp³-hybridized carbons (Fsp3) is 0.632. The predicted octanol–water partition coefficient (Wildman–Crippen LogP) is 2.94. The second-order valence-corrected chi connectivity index (χ2v) is 10.3. The maximum atomic E-state index is 13.0. The Morgan fingerprint density at radius 3 is 2.68 bits per heavy atom. The summed E-state index contributed by atoms with van der Waals surface area (Å²) in [6, 6.07) is 4.07. The molecule has 1 amide bonds. The maximum absolute atomic E-state index is 13.0. The van der Waals surface area contributed by atoms with E-state index in [0.29, 0.717) is 22.9 Å². The van der Waals surface area contributed by atoms with Crippen molar-refractivity contribution in [3.63, 3.8) is 0 Å². The van der Waals surface area contributed by atoms with Crippen LogP contribution in [0.1, 0.15) is 47.0 Å². The Labute approximate surface area is 170 Å². The molecule has 7 nitrogen and oxygen atoms in total. The van der Waals surface area contributed by atoms with Gasteiger partial charge in [-0.1, -0.05) is 46.6 Å². The van der Waals surface area contributed by atoms with Gasteiger partial charge in [0.1, 0.15) is 22.0 Å². The normalized spacial score (nSPS) is 24.4. The first-order chi connectivity index (χ1) is 13.2. The number of hydrogen-bond acceptors (Lipinski definition) is 6. The highest BCUT2D eigenvalue weighted by molar-refractivity contribution is 7.89. The third-order valence-corrected chi connectivity index (χ3v) is 7.82. The van der Waals surface area contributed by atoms with Crippen LogP contribution in [0.5, 0.6) is 0 Å². The van der Waals surface area contributed by atoms with Crippen LogP contribution in [-0.2, 0) is 14.8 Å². The highest BCUT2D eigenvalue weighted by Gasteiger charge is 2.34. The second-order valence-electron chi connectivity index (χ2n) is 8.11. The first-order valence-corrected chi connectivity index (χ1v) is 12.0. The van der Waals surface area contributed by atoms with Gasteiger partial charge >= 0.3 is 0 Å². The Balaban J connectivity index is 1.80. The number of sulfonamides is 1. The van der Waals surface area contributed by atoms with E-state index >= 15 is 0 Å². The molecule has 0 aliphatic heterocycles. The lowest BCUT2D eigenvalue weighted by Gasteiger charge is -2.35. The van der Waals surface area contributed by atoms with Gasteiger partial charge < -0.3 is 5.32 Å². The van der Waals surface area contributed by atoms with Crippen molar-refractivity contribution in [3.05, 3.63) is 18.2 Å². The number of aromatic nitrogens is 2. The number of amides is 1. The zero-order chi connectivity index (χ0) is 20.5. The van der Waals surface area contributed by atoms with Crippen LogP contribution in [0.3, 0.4) is 0 Å². The highest BCUT2D eigenvalue weighted by atomic mass is 32.2. The van der Waals surface area contributed by atoms with Crippen LogP contribution >= 0.6 is 11.7 Å². The summed E-state index contributed by atoms with van der Waals surface area (Å²) in [4.78, 5) is 13.0. The molecule has 154 valence electrons. The quantitative estimate of drug-likeness (QED) is 0.742. The Morgan fingerprint density at radius 1 is 1.21 bits per heavy atom. The number of hydrogen-bond donors (Lipinski definition) is 2. The van der Waals surface area contributed by atoms with Gasteiger partial charge in [-0.05, 0) is 36.3 Å². The lowest BCUT2D eigenvalue weighted by molar-refractivity contribution is -0.125. The van der Waals surface area contributed by atoms with Gasteiger partial charge in [0.2, 0.25) is 15.9 Å². The topological polar surface area (TPSA) is 101 Å². The molecule has 1 heterocycles. The van der Waals surface area contributed by atoms with Gasteiger partial charge in [0.05, 0.1) is 11.7 Å². The molecule has 2 aromatic rings. The molecular formula is C19H28N4O3S2. The fourth-order valence-electron chi connectivity index (χ4n) is 3.78. The average molecular weight is 425 g/mol. The number of carbonyl (C=O) groups is 1. The predicted molar refractivity (Wildman–Crippen MR) is 110 cm³/mol. The highest BCUT2D eigenvalue weighted by Crippen LogP contribution is 2.29. The van der Waals surface area contributed by atoms with Crippen molar-refractivity contribution in [2.45, 2.75) is 63.9 Å². The molecule has 3 rings (SSSR count). The number of benzene rings is 1. The van der Waals surface area contributed by atoms with Gasteiger partial charge in [-0.15, -0.1) is 0 Å². The molecule has 9 heteroatoms. The largest absolute Gasteiger partial charge is 0.352 e. The molecule has 1 saturated carbocycles. The van der Waals surface area contributed by atoms with E-state index in [1.165, 1.54) is 12.5 Å². The van der Waals surface area contributed by atoms with E-state index in [9.17, 15) is 13.2 Å². The summed E-state index contributed by atoms with van der Waals surface area (Å²) < 4.78 is 36.8. The summed E-state index contributed by atoms with van der Waals surface area (Å²) in [5.41, 5.74) is 0.862. The van der Waals surface area contributed by atoms with Crippen LogP contribution in [-0.4, -0.2) is 35.2 Å². The van der Waals surface area contributed by atoms with E-state index in [1.807, 2.05) is 13.8 Å². The van der Waals surface area contributed by atoms with Gasteiger partial charge in [0, 0.05) is 6.04 Å². The van der Waals surface area contributed by atoms with Crippen LogP contribution < -0.4 is 10.0 Å². The van der Waals surface area contributed by atoms with Crippen LogP contribution in [0.25, 0.3) is 11.0 Å². The van der Waals surface area contributed by atoms with Crippen LogP contribution in [0.4, 0.5) is 0 Å². The third kappa shape index (κ3) is 4.36. The number of rotatable bonds is 6. The van der Waals surface area contributed by atoms with Crippen molar-refractivity contribution in [1.82, 2.24) is 18.8 Å². The zero-order valence-electron chi connectivity index (χ0n) is 16.7. The van der Waals surface area contributed by atoms with Crippen molar-refractivity contribution >= 4 is 38.7 Å². The van der Waals surface area contributed by atoms with Crippen molar-refractivity contribution in [2.24, 2.45) is 17.8 Å². The number of carbonyl (C=O) groups excluding carboxylic acids is 1. The smallest absolute Gasteiger partial charge is 0.243 e. The molecule has 1 aliphatic rings. The lowest BCUT2D eigenvalue weighted by Crippen LogP contribution is -2.54. The van der Waals surface area contributed by atoms with E-state index in [1.54, 1.807) is 12.1 Å². The summed E-state index contributed by atoms with van der Waals surface area (Å²) in [5.74, 6) is 0.451. The molecule has 2 N–H and O–H groups in total. The summed E-state index contributed by atoms with van der Waals surface area (Å²) in [6.45, 7) is 8.03. The summed E-state index contributed by atoms with van der Waals surface area (Å²) in [5, 5.41) is 3.09. The number of nitrogens with zero attached hydrogens (tertiary/aromatic N) is 2. The second kappa shape index (κ2) is 8.42. The molecule has 0 unspecified atom stereocenters. The molecule has 0 bridgehead atoms. The van der Waals surface area contributed by atoms with Crippen molar-refractivity contribution in [2.75, 3.05) is 0 Å². The minimum atomic E-state index is -3.92. The Bertz CT molecular complexity index is 942. The molecule has 1 aromatic heterocycles. The minimum Gasteiger partial charge on any atom is -0.352 e. The number of fused-ring (bicyclic) bond motifs is 1. The SMILES string of the molecule is CC(C)[C@H](NS(=O)(=O)c1cccc2nsnc12)C(=O)N[C@@H]1CCC[C@H](C)[C@@H]1C. The van der Waals surface area contributed by atoms with Crippen molar-refractivity contribution in [3.8, 4) is 0 Å². The van der Waals surface area contributed by atoms with E-state index in [-0.39, 0.29) is 22.8 Å². The van der Waals surface area contributed by atoms with Gasteiger partial charge in [0.15, 0.2) is 0 Å². The van der Waals surface area contributed by atoms with Crippen LogP contribution in [0, 0.1) is 17.8 Å². The maximum Gasteiger partial charge on any atom is 0.243 e. The number of nitrogens with one attached hydrogen (secondary N) is 2. The molecular weight excluding hydrogens is 396 g/mol. The Kier molecular flexibility index (Phi) is 6.36. The van der Waals surface area contributed by atoms with E-state index in [2.05, 4.69) is 32.6 Å². The van der Waals surface area contributed by atoms with Crippen molar-refractivity contribution < 1.29 is 13.2 Å². The summed E-state index contributed by atoms with van der Waals surface area (Å²) in [7, 11) is -3.92. The minimum absolute atomic E-state index is 0.0526. The summed E-state index contributed by atoms with van der Waals surface area (Å²) in [6.07, 6.45) is 3.17. The third-order valence-electron chi connectivity index (χ3n) is 5.80. The monoisotopic (exact) mass is 424 g/mol. The Hall–Kier alpha value is -1.58. The van der Waals surface area contributed by atoms with Gasteiger partial charge in [-0.25, -0.2) is 8.42 Å². The molecule has 1 fully saturated rings. The van der Waals surface area contributed by atoms with Gasteiger partial charge in [0.25, 0.3) is 0 Å². The molecule has 0 radical (unpaired) electrons. The molecule has 4 atom stereocenters. The molecule has 1 aliphatic carbocycles. The molecule has 0 spiro atoms. The van der Waals surface area contributed by atoms with Crippen molar-refractivity contribution in [1.29, 1.82) is 0 Å². The first-order valence-electron chi connectivity index (χ1n) is 9.74. The first kappa shape index (κ1) is 21.1. The van der Waals surface area contributed by atoms with Crippen LogP contribution in [0.2, 0.25) is 0 Å². The Morgan fingerprint density at radius 2 is 1.96 bits per heavy atom. The molecule has 1 aromatic carbocycles. The molecule has 28 heavy (non-hydrogen) atoms. The fourth-order valence-corrected chi connectivity index (χ4v) is 5.89. The van der Waals surface area contributed by atoms with E-state index in [4.69, 9.17) is 0 Å². The molecule has 0 saturated heterocycles. The van der Waals surface area contributed by atoms with Gasteiger partial charge in [-0.2, -0.15) is 13.5 Å². The van der Waals surface area contributed by atoms with Gasteiger partial charge in [-0.3, -0.25) is 4.79 Å². The van der Waals surface area contributed by atoms with E-state index < -0.39 is 16.1 Å².